The third-order valence-electron chi connectivity index (χ3n) is 1.37. The van der Waals surface area contributed by atoms with Crippen molar-refractivity contribution in [2.75, 3.05) is 4.43 Å². The van der Waals surface area contributed by atoms with Gasteiger partial charge in [0.05, 0.1) is 3.92 Å². The van der Waals surface area contributed by atoms with E-state index in [9.17, 15) is 0 Å². The predicted octanol–water partition coefficient (Wildman–Crippen LogP) is 3.24. The van der Waals surface area contributed by atoms with Crippen LogP contribution in [-0.2, 0) is 0 Å². The van der Waals surface area contributed by atoms with Crippen LogP contribution in [0.5, 0.6) is 0 Å². The third kappa shape index (κ3) is 5.28. The van der Waals surface area contributed by atoms with Crippen molar-refractivity contribution >= 4 is 45.2 Å². The molecule has 0 amide bonds. The Morgan fingerprint density at radius 3 is 2.17 bits per heavy atom. The Hall–Kier alpha value is 0.600. The Kier molecular flexibility index (Phi) is 7.40. The maximum atomic E-state index is 9.06. The van der Waals surface area contributed by atoms with Gasteiger partial charge < -0.3 is 15.3 Å². The first-order valence-electron chi connectivity index (χ1n) is 3.60. The minimum absolute atomic E-state index is 0.185. The van der Waals surface area contributed by atoms with Gasteiger partial charge in [-0.1, -0.05) is 51.6 Å². The fourth-order valence-corrected chi connectivity index (χ4v) is 1.95. The normalized spacial score (nSPS) is 12.5. The fraction of sp³-hybridized carbons (Fsp3) is 0.714. The summed E-state index contributed by atoms with van der Waals surface area (Å²) >= 11 is 4.28. The molecule has 0 rings (SSSR count). The van der Waals surface area contributed by atoms with Crippen molar-refractivity contribution in [3.05, 3.63) is 11.7 Å². The summed E-state index contributed by atoms with van der Waals surface area (Å²) in [6, 6.07) is 0. The van der Waals surface area contributed by atoms with Crippen LogP contribution in [0, 0.1) is 0 Å². The standard InChI is InChI=1S/C7H12I2O3/c8-4-2-1-3-5(9)6(10)7(11)12/h5,10-12H,1-4H2. The Labute approximate surface area is 99.1 Å². The number of alkyl halides is 2. The molecule has 72 valence electrons. The summed E-state index contributed by atoms with van der Waals surface area (Å²) < 4.78 is 0.909. The summed E-state index contributed by atoms with van der Waals surface area (Å²) in [7, 11) is 0. The zero-order chi connectivity index (χ0) is 9.56. The number of rotatable bonds is 5. The second kappa shape index (κ2) is 7.05. The van der Waals surface area contributed by atoms with E-state index in [2.05, 4.69) is 22.6 Å². The average Bonchev–Trinajstić information content (AvgIpc) is 2.03. The first kappa shape index (κ1) is 12.6. The van der Waals surface area contributed by atoms with Crippen LogP contribution in [0.25, 0.3) is 0 Å². The minimum atomic E-state index is -0.955. The van der Waals surface area contributed by atoms with Crippen molar-refractivity contribution < 1.29 is 15.3 Å². The van der Waals surface area contributed by atoms with Crippen molar-refractivity contribution in [2.24, 2.45) is 0 Å². The molecular formula is C7H12I2O3. The summed E-state index contributed by atoms with van der Waals surface area (Å²) in [6.07, 6.45) is 2.87. The molecular weight excluding hydrogens is 386 g/mol. The zero-order valence-corrected chi connectivity index (χ0v) is 10.8. The Morgan fingerprint density at radius 1 is 1.17 bits per heavy atom. The van der Waals surface area contributed by atoms with Gasteiger partial charge in [0.25, 0.3) is 0 Å². The first-order valence-corrected chi connectivity index (χ1v) is 6.37. The van der Waals surface area contributed by atoms with Crippen LogP contribution in [-0.4, -0.2) is 23.7 Å². The molecule has 0 bridgehead atoms. The summed E-state index contributed by atoms with van der Waals surface area (Å²) in [5.41, 5.74) is 0. The molecule has 12 heavy (non-hydrogen) atoms. The minimum Gasteiger partial charge on any atom is -0.505 e. The molecule has 0 aromatic rings. The van der Waals surface area contributed by atoms with Gasteiger partial charge in [0.2, 0.25) is 0 Å². The van der Waals surface area contributed by atoms with Crippen LogP contribution < -0.4 is 0 Å². The first-order chi connectivity index (χ1) is 5.59. The molecule has 0 aliphatic rings. The van der Waals surface area contributed by atoms with Crippen LogP contribution in [0.2, 0.25) is 0 Å². The molecule has 0 spiro atoms. The topological polar surface area (TPSA) is 60.7 Å². The Balaban J connectivity index is 3.72. The van der Waals surface area contributed by atoms with Gasteiger partial charge >= 0.3 is 5.95 Å². The van der Waals surface area contributed by atoms with Gasteiger partial charge in [-0.2, -0.15) is 0 Å². The molecule has 0 aliphatic heterocycles. The van der Waals surface area contributed by atoms with E-state index in [1.807, 2.05) is 22.6 Å². The number of hydrogen-bond donors (Lipinski definition) is 3. The number of aliphatic hydroxyl groups excluding tert-OH is 2. The van der Waals surface area contributed by atoms with Gasteiger partial charge in [-0.15, -0.1) is 0 Å². The lowest BCUT2D eigenvalue weighted by Crippen LogP contribution is -2.05. The van der Waals surface area contributed by atoms with E-state index in [-0.39, 0.29) is 9.68 Å². The largest absolute Gasteiger partial charge is 0.505 e. The molecule has 0 heterocycles. The lowest BCUT2D eigenvalue weighted by molar-refractivity contribution is 0.155. The van der Waals surface area contributed by atoms with Gasteiger partial charge in [-0.05, 0) is 17.3 Å². The van der Waals surface area contributed by atoms with Gasteiger partial charge in [-0.3, -0.25) is 0 Å². The lowest BCUT2D eigenvalue weighted by Gasteiger charge is -2.07. The molecule has 5 heteroatoms. The van der Waals surface area contributed by atoms with E-state index in [0.717, 1.165) is 23.7 Å². The molecule has 0 aromatic carbocycles. The van der Waals surface area contributed by atoms with Crippen molar-refractivity contribution in [1.29, 1.82) is 0 Å². The van der Waals surface area contributed by atoms with Crippen molar-refractivity contribution in [3.63, 3.8) is 0 Å². The number of allylic oxidation sites excluding steroid dienone is 1. The van der Waals surface area contributed by atoms with Gasteiger partial charge in [0, 0.05) is 0 Å². The summed E-state index contributed by atoms with van der Waals surface area (Å²) in [6.45, 7) is 0. The van der Waals surface area contributed by atoms with Gasteiger partial charge in [0.1, 0.15) is 0 Å². The van der Waals surface area contributed by atoms with Crippen LogP contribution in [0.1, 0.15) is 19.3 Å². The second-order valence-electron chi connectivity index (χ2n) is 2.36. The predicted molar refractivity (Wildman–Crippen MR) is 65.5 cm³/mol. The number of hydrogen-bond acceptors (Lipinski definition) is 3. The highest BCUT2D eigenvalue weighted by Gasteiger charge is 2.13. The lowest BCUT2D eigenvalue weighted by atomic mass is 10.2. The molecule has 0 radical (unpaired) electrons. The molecule has 0 aliphatic carbocycles. The third-order valence-corrected chi connectivity index (χ3v) is 3.34. The van der Waals surface area contributed by atoms with Gasteiger partial charge in [0.15, 0.2) is 5.76 Å². The molecule has 0 aromatic heterocycles. The van der Waals surface area contributed by atoms with E-state index < -0.39 is 5.95 Å². The van der Waals surface area contributed by atoms with E-state index in [0.29, 0.717) is 0 Å². The maximum Gasteiger partial charge on any atom is 0.314 e. The van der Waals surface area contributed by atoms with Gasteiger partial charge in [-0.25, -0.2) is 0 Å². The molecule has 3 N–H and O–H groups in total. The summed E-state index contributed by atoms with van der Waals surface area (Å²) in [5.74, 6) is -1.27. The fourth-order valence-electron chi connectivity index (χ4n) is 0.695. The van der Waals surface area contributed by atoms with E-state index in [1.165, 1.54) is 0 Å². The van der Waals surface area contributed by atoms with E-state index >= 15 is 0 Å². The van der Waals surface area contributed by atoms with Crippen LogP contribution >= 0.6 is 45.2 Å². The van der Waals surface area contributed by atoms with Crippen LogP contribution in [0.4, 0.5) is 0 Å². The molecule has 0 saturated carbocycles. The number of unbranched alkanes of at least 4 members (excludes halogenated alkanes) is 1. The summed E-state index contributed by atoms with van der Waals surface area (Å²) in [5, 5.41) is 26.1. The van der Waals surface area contributed by atoms with Crippen molar-refractivity contribution in [1.82, 2.24) is 0 Å². The quantitative estimate of drug-likeness (QED) is 0.289. The van der Waals surface area contributed by atoms with Crippen LogP contribution in [0.3, 0.4) is 0 Å². The number of halogens is 2. The van der Waals surface area contributed by atoms with Crippen molar-refractivity contribution in [3.8, 4) is 0 Å². The monoisotopic (exact) mass is 398 g/mol. The average molecular weight is 398 g/mol. The zero-order valence-electron chi connectivity index (χ0n) is 6.50. The molecule has 0 saturated heterocycles. The number of aliphatic hydroxyl groups is 3. The second-order valence-corrected chi connectivity index (χ2v) is 4.94. The van der Waals surface area contributed by atoms with Crippen molar-refractivity contribution in [2.45, 2.75) is 23.2 Å². The van der Waals surface area contributed by atoms with E-state index in [4.69, 9.17) is 15.3 Å². The molecule has 0 fully saturated rings. The maximum absolute atomic E-state index is 9.06. The molecule has 1 atom stereocenters. The highest BCUT2D eigenvalue weighted by Crippen LogP contribution is 2.18. The smallest absolute Gasteiger partial charge is 0.314 e. The highest BCUT2D eigenvalue weighted by atomic mass is 127. The SMILES string of the molecule is OC(O)=C(O)C(I)CCCCI. The Bertz CT molecular complexity index is 155. The molecule has 1 unspecified atom stereocenters. The molecule has 3 nitrogen and oxygen atoms in total. The summed E-state index contributed by atoms with van der Waals surface area (Å²) in [4.78, 5) is 0. The van der Waals surface area contributed by atoms with Crippen LogP contribution in [0.15, 0.2) is 11.7 Å². The van der Waals surface area contributed by atoms with E-state index in [1.54, 1.807) is 0 Å². The highest BCUT2D eigenvalue weighted by molar-refractivity contribution is 14.1. The Morgan fingerprint density at radius 2 is 1.75 bits per heavy atom.